The molecule has 0 bridgehead atoms. The predicted octanol–water partition coefficient (Wildman–Crippen LogP) is 3.04. The molecule has 0 N–H and O–H groups in total. The molecule has 0 fully saturated rings. The molecule has 1 aromatic carbocycles. The lowest BCUT2D eigenvalue weighted by molar-refractivity contribution is -0.140. The second kappa shape index (κ2) is 5.13. The van der Waals surface area contributed by atoms with Gasteiger partial charge < -0.3 is 9.47 Å². The fourth-order valence-electron chi connectivity index (χ4n) is 2.01. The van der Waals surface area contributed by atoms with Gasteiger partial charge in [-0.1, -0.05) is 0 Å². The molecule has 0 atom stereocenters. The van der Waals surface area contributed by atoms with Crippen molar-refractivity contribution in [3.63, 3.8) is 0 Å². The van der Waals surface area contributed by atoms with Gasteiger partial charge in [0.25, 0.3) is 0 Å². The van der Waals surface area contributed by atoms with Gasteiger partial charge >= 0.3 is 6.18 Å². The average Bonchev–Trinajstić information content (AvgIpc) is 2.80. The molecule has 0 aliphatic carbocycles. The number of hydrogen-bond donors (Lipinski definition) is 0. The number of aryl methyl sites for hydroxylation is 1. The van der Waals surface area contributed by atoms with Gasteiger partial charge in [-0.3, -0.25) is 0 Å². The van der Waals surface area contributed by atoms with Crippen LogP contribution < -0.4 is 4.90 Å². The first-order valence-electron chi connectivity index (χ1n) is 6.06. The number of aromatic nitrogens is 2. The van der Waals surface area contributed by atoms with E-state index in [2.05, 4.69) is 4.98 Å². The molecule has 1 heterocycles. The van der Waals surface area contributed by atoms with Gasteiger partial charge in [-0.05, 0) is 18.2 Å². The van der Waals surface area contributed by atoms with Crippen molar-refractivity contribution >= 4 is 5.69 Å². The molecular formula is C14H13F3N4. The van der Waals surface area contributed by atoms with E-state index in [1.165, 1.54) is 11.6 Å². The van der Waals surface area contributed by atoms with Crippen LogP contribution in [0.5, 0.6) is 0 Å². The summed E-state index contributed by atoms with van der Waals surface area (Å²) in [5.74, 6) is 0.204. The van der Waals surface area contributed by atoms with Crippen molar-refractivity contribution < 1.29 is 13.2 Å². The Morgan fingerprint density at radius 2 is 1.95 bits per heavy atom. The minimum Gasteiger partial charge on any atom is -0.377 e. The molecule has 2 rings (SSSR count). The van der Waals surface area contributed by atoms with Crippen molar-refractivity contribution in [2.45, 2.75) is 6.18 Å². The number of hydrogen-bond acceptors (Lipinski definition) is 3. The van der Waals surface area contributed by atoms with Crippen LogP contribution in [0.4, 0.5) is 18.9 Å². The van der Waals surface area contributed by atoms with Gasteiger partial charge in [0.15, 0.2) is 5.69 Å². The van der Waals surface area contributed by atoms with Gasteiger partial charge in [0, 0.05) is 38.6 Å². The summed E-state index contributed by atoms with van der Waals surface area (Å²) in [7, 11) is 5.02. The minimum absolute atomic E-state index is 0.204. The monoisotopic (exact) mass is 294 g/mol. The number of halogens is 3. The van der Waals surface area contributed by atoms with E-state index in [-0.39, 0.29) is 5.82 Å². The third-order valence-corrected chi connectivity index (χ3v) is 3.02. The predicted molar refractivity (Wildman–Crippen MR) is 72.7 cm³/mol. The molecule has 0 radical (unpaired) electrons. The van der Waals surface area contributed by atoms with Crippen molar-refractivity contribution in [3.05, 3.63) is 35.7 Å². The highest BCUT2D eigenvalue weighted by Crippen LogP contribution is 2.34. The van der Waals surface area contributed by atoms with E-state index in [0.29, 0.717) is 16.8 Å². The third-order valence-electron chi connectivity index (χ3n) is 3.02. The van der Waals surface area contributed by atoms with E-state index >= 15 is 0 Å². The summed E-state index contributed by atoms with van der Waals surface area (Å²) < 4.78 is 39.6. The zero-order chi connectivity index (χ0) is 15.8. The van der Waals surface area contributed by atoms with Gasteiger partial charge in [-0.15, -0.1) is 0 Å². The molecule has 0 saturated carbocycles. The Bertz CT molecular complexity index is 708. The van der Waals surface area contributed by atoms with Crippen LogP contribution in [0.15, 0.2) is 24.4 Å². The summed E-state index contributed by atoms with van der Waals surface area (Å²) in [6.07, 6.45) is -3.53. The summed E-state index contributed by atoms with van der Waals surface area (Å²) in [6, 6.07) is 6.80. The Morgan fingerprint density at radius 3 is 2.43 bits per heavy atom. The topological polar surface area (TPSA) is 44.9 Å². The second-order valence-electron chi connectivity index (χ2n) is 4.80. The highest BCUT2D eigenvalue weighted by atomic mass is 19.4. The van der Waals surface area contributed by atoms with E-state index in [1.807, 2.05) is 6.07 Å². The Hall–Kier alpha value is -2.49. The molecule has 0 unspecified atom stereocenters. The lowest BCUT2D eigenvalue weighted by atomic mass is 10.1. The zero-order valence-corrected chi connectivity index (χ0v) is 11.7. The molecule has 0 spiro atoms. The number of rotatable bonds is 2. The maximum Gasteiger partial charge on any atom is 0.434 e. The molecule has 0 saturated heterocycles. The SMILES string of the molecule is CN(C)c1cc(C#N)ccc1-c1nc(C(F)(F)F)cn1C. The first kappa shape index (κ1) is 14.9. The first-order valence-corrected chi connectivity index (χ1v) is 6.06. The number of nitrogens with zero attached hydrogens (tertiary/aromatic N) is 4. The van der Waals surface area contributed by atoms with Gasteiger partial charge in [0.05, 0.1) is 11.6 Å². The van der Waals surface area contributed by atoms with Crippen molar-refractivity contribution in [3.8, 4) is 17.5 Å². The van der Waals surface area contributed by atoms with Crippen LogP contribution in [0.25, 0.3) is 11.4 Å². The number of alkyl halides is 3. The Balaban J connectivity index is 2.62. The Kier molecular flexibility index (Phi) is 3.64. The van der Waals surface area contributed by atoms with Gasteiger partial charge in [0.1, 0.15) is 5.82 Å². The first-order chi connectivity index (χ1) is 9.74. The van der Waals surface area contributed by atoms with Crippen molar-refractivity contribution in [1.82, 2.24) is 9.55 Å². The van der Waals surface area contributed by atoms with Crippen LogP contribution in [-0.2, 0) is 13.2 Å². The van der Waals surface area contributed by atoms with E-state index in [9.17, 15) is 13.2 Å². The molecule has 110 valence electrons. The number of benzene rings is 1. The largest absolute Gasteiger partial charge is 0.434 e. The Labute approximate surface area is 120 Å². The number of imidazole rings is 1. The minimum atomic E-state index is -4.49. The molecule has 0 aliphatic rings. The molecule has 21 heavy (non-hydrogen) atoms. The van der Waals surface area contributed by atoms with Crippen LogP contribution >= 0.6 is 0 Å². The van der Waals surface area contributed by atoms with Gasteiger partial charge in [-0.25, -0.2) is 4.98 Å². The zero-order valence-electron chi connectivity index (χ0n) is 11.7. The summed E-state index contributed by atoms with van der Waals surface area (Å²) in [6.45, 7) is 0. The van der Waals surface area contributed by atoms with Crippen LogP contribution in [-0.4, -0.2) is 23.6 Å². The fraction of sp³-hybridized carbons (Fsp3) is 0.286. The maximum atomic E-state index is 12.7. The van der Waals surface area contributed by atoms with E-state index in [1.54, 1.807) is 37.2 Å². The maximum absolute atomic E-state index is 12.7. The highest BCUT2D eigenvalue weighted by Gasteiger charge is 2.34. The third kappa shape index (κ3) is 2.84. The van der Waals surface area contributed by atoms with Crippen LogP contribution in [0, 0.1) is 11.3 Å². The fourth-order valence-corrected chi connectivity index (χ4v) is 2.01. The molecule has 2 aromatic rings. The van der Waals surface area contributed by atoms with Crippen LogP contribution in [0.3, 0.4) is 0 Å². The smallest absolute Gasteiger partial charge is 0.377 e. The highest BCUT2D eigenvalue weighted by molar-refractivity contribution is 5.76. The lowest BCUT2D eigenvalue weighted by Crippen LogP contribution is -2.11. The quantitative estimate of drug-likeness (QED) is 0.855. The summed E-state index contributed by atoms with van der Waals surface area (Å²) >= 11 is 0. The molecule has 0 aliphatic heterocycles. The molecule has 4 nitrogen and oxygen atoms in total. The van der Waals surface area contributed by atoms with E-state index < -0.39 is 11.9 Å². The number of anilines is 1. The average molecular weight is 294 g/mol. The molecule has 1 aromatic heterocycles. The summed E-state index contributed by atoms with van der Waals surface area (Å²) in [5.41, 5.74) is 0.676. The lowest BCUT2D eigenvalue weighted by Gasteiger charge is -2.17. The van der Waals surface area contributed by atoms with Crippen molar-refractivity contribution in [2.24, 2.45) is 7.05 Å². The summed E-state index contributed by atoms with van der Waals surface area (Å²) in [4.78, 5) is 5.41. The van der Waals surface area contributed by atoms with Gasteiger partial charge in [-0.2, -0.15) is 18.4 Å². The van der Waals surface area contributed by atoms with Crippen LogP contribution in [0.2, 0.25) is 0 Å². The van der Waals surface area contributed by atoms with E-state index in [0.717, 1.165) is 6.20 Å². The normalized spacial score (nSPS) is 11.3. The second-order valence-corrected chi connectivity index (χ2v) is 4.80. The van der Waals surface area contributed by atoms with Crippen LogP contribution in [0.1, 0.15) is 11.3 Å². The van der Waals surface area contributed by atoms with Gasteiger partial charge in [0.2, 0.25) is 0 Å². The number of nitriles is 1. The molecule has 0 amide bonds. The molecular weight excluding hydrogens is 281 g/mol. The van der Waals surface area contributed by atoms with Crippen molar-refractivity contribution in [1.29, 1.82) is 5.26 Å². The molecule has 7 heteroatoms. The summed E-state index contributed by atoms with van der Waals surface area (Å²) in [5, 5.41) is 8.93. The van der Waals surface area contributed by atoms with Crippen molar-refractivity contribution in [2.75, 3.05) is 19.0 Å². The Morgan fingerprint density at radius 1 is 1.29 bits per heavy atom. The standard InChI is InChI=1S/C14H13F3N4/c1-20(2)11-6-9(7-18)4-5-10(11)13-19-12(8-21(13)3)14(15,16)17/h4-6,8H,1-3H3. The van der Waals surface area contributed by atoms with E-state index in [4.69, 9.17) is 5.26 Å².